The monoisotopic (exact) mass is 302 g/mol. The Morgan fingerprint density at radius 2 is 2.05 bits per heavy atom. The zero-order valence-electron chi connectivity index (χ0n) is 13.5. The molecular formula is C17H22N2O3. The molecule has 0 unspecified atom stereocenters. The lowest BCUT2D eigenvalue weighted by Crippen LogP contribution is -2.21. The van der Waals surface area contributed by atoms with Crippen LogP contribution < -0.4 is 4.74 Å². The maximum absolute atomic E-state index is 10.7. The molecule has 0 aliphatic heterocycles. The number of rotatable bonds is 5. The number of hydrogen-bond donors (Lipinski definition) is 1. The number of methoxy groups -OCH3 is 1. The fourth-order valence-corrected chi connectivity index (χ4v) is 2.21. The molecule has 0 amide bonds. The molecule has 1 aromatic heterocycles. The van der Waals surface area contributed by atoms with Crippen LogP contribution in [-0.4, -0.2) is 28.0 Å². The van der Waals surface area contributed by atoms with Gasteiger partial charge in [-0.2, -0.15) is 5.10 Å². The second kappa shape index (κ2) is 6.22. The summed E-state index contributed by atoms with van der Waals surface area (Å²) in [4.78, 5) is 10.7. The molecule has 1 aromatic carbocycles. The Labute approximate surface area is 130 Å². The van der Waals surface area contributed by atoms with Gasteiger partial charge >= 0.3 is 5.97 Å². The van der Waals surface area contributed by atoms with Crippen molar-refractivity contribution in [3.05, 3.63) is 36.2 Å². The Bertz CT molecular complexity index is 669. The van der Waals surface area contributed by atoms with Gasteiger partial charge in [-0.15, -0.1) is 0 Å². The third kappa shape index (κ3) is 3.67. The molecule has 0 fully saturated rings. The largest absolute Gasteiger partial charge is 0.496 e. The maximum atomic E-state index is 10.7. The molecule has 5 heteroatoms. The summed E-state index contributed by atoms with van der Waals surface area (Å²) in [6.45, 7) is 6.29. The summed E-state index contributed by atoms with van der Waals surface area (Å²) >= 11 is 0. The highest BCUT2D eigenvalue weighted by Gasteiger charge is 2.15. The lowest BCUT2D eigenvalue weighted by molar-refractivity contribution is -0.136. The number of benzene rings is 1. The van der Waals surface area contributed by atoms with E-state index in [9.17, 15) is 4.79 Å². The van der Waals surface area contributed by atoms with E-state index in [1.807, 2.05) is 35.3 Å². The van der Waals surface area contributed by atoms with Crippen LogP contribution in [0.2, 0.25) is 0 Å². The minimum Gasteiger partial charge on any atom is -0.496 e. The first-order valence-electron chi connectivity index (χ1n) is 7.25. The highest BCUT2D eigenvalue weighted by atomic mass is 16.5. The molecule has 0 radical (unpaired) electrons. The van der Waals surface area contributed by atoms with Crippen molar-refractivity contribution < 1.29 is 14.6 Å². The van der Waals surface area contributed by atoms with Crippen LogP contribution in [-0.2, 0) is 16.8 Å². The predicted octanol–water partition coefficient (Wildman–Crippen LogP) is 3.33. The van der Waals surface area contributed by atoms with Gasteiger partial charge in [0.25, 0.3) is 0 Å². The number of aryl methyl sites for hydroxylation is 1. The van der Waals surface area contributed by atoms with Crippen LogP contribution in [0.25, 0.3) is 11.1 Å². The number of aliphatic carboxylic acids is 1. The molecule has 5 nitrogen and oxygen atoms in total. The lowest BCUT2D eigenvalue weighted by Gasteiger charge is -2.18. The van der Waals surface area contributed by atoms with Crippen LogP contribution in [0.5, 0.6) is 5.75 Å². The van der Waals surface area contributed by atoms with E-state index < -0.39 is 5.97 Å². The molecule has 0 spiro atoms. The quantitative estimate of drug-likeness (QED) is 0.920. The number of aromatic nitrogens is 2. The van der Waals surface area contributed by atoms with Crippen LogP contribution in [0.1, 0.15) is 32.8 Å². The molecule has 2 rings (SSSR count). The number of carboxylic acids is 1. The second-order valence-electron chi connectivity index (χ2n) is 6.26. The maximum Gasteiger partial charge on any atom is 0.303 e. The van der Waals surface area contributed by atoms with E-state index in [-0.39, 0.29) is 12.0 Å². The first-order valence-corrected chi connectivity index (χ1v) is 7.25. The normalized spacial score (nSPS) is 11.5. The van der Waals surface area contributed by atoms with Crippen molar-refractivity contribution in [3.8, 4) is 16.9 Å². The molecule has 0 saturated carbocycles. The van der Waals surface area contributed by atoms with Gasteiger partial charge in [-0.1, -0.05) is 12.1 Å². The van der Waals surface area contributed by atoms with E-state index in [1.165, 1.54) is 0 Å². The van der Waals surface area contributed by atoms with Gasteiger partial charge in [0.1, 0.15) is 5.75 Å². The Morgan fingerprint density at radius 1 is 1.32 bits per heavy atom. The zero-order chi connectivity index (χ0) is 16.3. The molecule has 118 valence electrons. The van der Waals surface area contributed by atoms with E-state index in [0.717, 1.165) is 16.7 Å². The molecule has 0 atom stereocenters. The molecule has 0 aliphatic rings. The third-order valence-electron chi connectivity index (χ3n) is 3.50. The number of carbonyl (C=O) groups is 1. The Hall–Kier alpha value is -2.30. The van der Waals surface area contributed by atoms with Crippen LogP contribution in [0, 0.1) is 0 Å². The van der Waals surface area contributed by atoms with Crippen molar-refractivity contribution >= 4 is 5.97 Å². The van der Waals surface area contributed by atoms with Crippen LogP contribution in [0.3, 0.4) is 0 Å². The molecule has 0 aliphatic carbocycles. The van der Waals surface area contributed by atoms with Gasteiger partial charge in [0.05, 0.1) is 18.8 Å². The van der Waals surface area contributed by atoms with E-state index in [2.05, 4.69) is 25.9 Å². The average molecular weight is 302 g/mol. The summed E-state index contributed by atoms with van der Waals surface area (Å²) in [6, 6.07) is 5.83. The van der Waals surface area contributed by atoms with Crippen LogP contribution in [0.15, 0.2) is 30.6 Å². The summed E-state index contributed by atoms with van der Waals surface area (Å²) < 4.78 is 7.32. The van der Waals surface area contributed by atoms with Crippen molar-refractivity contribution in [1.29, 1.82) is 0 Å². The minimum absolute atomic E-state index is 0.0657. The molecular weight excluding hydrogens is 280 g/mol. The Morgan fingerprint density at radius 3 is 2.59 bits per heavy atom. The summed E-state index contributed by atoms with van der Waals surface area (Å²) in [7, 11) is 1.60. The summed E-state index contributed by atoms with van der Waals surface area (Å²) in [5.74, 6) is -0.0974. The Balaban J connectivity index is 2.29. The first-order chi connectivity index (χ1) is 10.3. The van der Waals surface area contributed by atoms with Gasteiger partial charge in [0.15, 0.2) is 0 Å². The number of ether oxygens (including phenoxy) is 1. The van der Waals surface area contributed by atoms with E-state index in [0.29, 0.717) is 12.2 Å². The topological polar surface area (TPSA) is 64.4 Å². The number of nitrogens with zero attached hydrogens (tertiary/aromatic N) is 2. The van der Waals surface area contributed by atoms with E-state index in [1.54, 1.807) is 7.11 Å². The smallest absolute Gasteiger partial charge is 0.303 e. The number of carboxylic acid groups (broad SMARTS) is 1. The van der Waals surface area contributed by atoms with Crippen molar-refractivity contribution in [3.63, 3.8) is 0 Å². The third-order valence-corrected chi connectivity index (χ3v) is 3.50. The summed E-state index contributed by atoms with van der Waals surface area (Å²) in [5, 5.41) is 13.2. The minimum atomic E-state index is -0.808. The Kier molecular flexibility index (Phi) is 4.54. The molecule has 22 heavy (non-hydrogen) atoms. The van der Waals surface area contributed by atoms with Gasteiger partial charge in [-0.3, -0.25) is 9.48 Å². The summed E-state index contributed by atoms with van der Waals surface area (Å²) in [6.07, 6.45) is 4.39. The fraction of sp³-hybridized carbons (Fsp3) is 0.412. The van der Waals surface area contributed by atoms with Crippen molar-refractivity contribution in [1.82, 2.24) is 9.78 Å². The molecule has 0 saturated heterocycles. The van der Waals surface area contributed by atoms with Crippen LogP contribution in [0.4, 0.5) is 0 Å². The average Bonchev–Trinajstić information content (AvgIpc) is 2.94. The molecule has 1 N–H and O–H groups in total. The lowest BCUT2D eigenvalue weighted by atomic mass is 10.0. The fourth-order valence-electron chi connectivity index (χ4n) is 2.21. The molecule has 1 heterocycles. The standard InChI is InChI=1S/C17H22N2O3/c1-17(2,3)19-11-14(10-18-19)13-6-5-12(7-8-16(20)21)15(9-13)22-4/h5-6,9-11H,7-8H2,1-4H3,(H,20,21). The van der Waals surface area contributed by atoms with Crippen molar-refractivity contribution in [2.75, 3.05) is 7.11 Å². The molecule has 2 aromatic rings. The summed E-state index contributed by atoms with van der Waals surface area (Å²) in [5.41, 5.74) is 2.85. The molecule has 0 bridgehead atoms. The van der Waals surface area contributed by atoms with Crippen LogP contribution >= 0.6 is 0 Å². The number of hydrogen-bond acceptors (Lipinski definition) is 3. The zero-order valence-corrected chi connectivity index (χ0v) is 13.5. The van der Waals surface area contributed by atoms with Gasteiger partial charge in [-0.25, -0.2) is 0 Å². The SMILES string of the molecule is COc1cc(-c2cnn(C(C)(C)C)c2)ccc1CCC(=O)O. The van der Waals surface area contributed by atoms with Gasteiger partial charge in [0, 0.05) is 18.2 Å². The van der Waals surface area contributed by atoms with E-state index in [4.69, 9.17) is 9.84 Å². The van der Waals surface area contributed by atoms with Gasteiger partial charge in [-0.05, 0) is 44.4 Å². The van der Waals surface area contributed by atoms with Gasteiger partial charge in [0.2, 0.25) is 0 Å². The van der Waals surface area contributed by atoms with Crippen molar-refractivity contribution in [2.45, 2.75) is 39.2 Å². The van der Waals surface area contributed by atoms with Gasteiger partial charge < -0.3 is 9.84 Å². The van der Waals surface area contributed by atoms with Crippen molar-refractivity contribution in [2.24, 2.45) is 0 Å². The van der Waals surface area contributed by atoms with E-state index >= 15 is 0 Å². The highest BCUT2D eigenvalue weighted by molar-refractivity contribution is 5.68. The first kappa shape index (κ1) is 16.1. The highest BCUT2D eigenvalue weighted by Crippen LogP contribution is 2.29. The second-order valence-corrected chi connectivity index (χ2v) is 6.26. The predicted molar refractivity (Wildman–Crippen MR) is 85.2 cm³/mol.